The Morgan fingerprint density at radius 2 is 1.63 bits per heavy atom. The first kappa shape index (κ1) is 20.9. The highest BCUT2D eigenvalue weighted by molar-refractivity contribution is 7.89. The quantitative estimate of drug-likeness (QED) is 0.791. The van der Waals surface area contributed by atoms with Crippen molar-refractivity contribution < 1.29 is 13.2 Å². The molecule has 4 rings (SSSR count). The Labute approximate surface area is 178 Å². The molecule has 2 aromatic carbocycles. The van der Waals surface area contributed by atoms with Crippen molar-refractivity contribution in [1.82, 2.24) is 4.31 Å². The summed E-state index contributed by atoms with van der Waals surface area (Å²) in [6, 6.07) is 14.4. The van der Waals surface area contributed by atoms with Crippen molar-refractivity contribution in [3.05, 3.63) is 54.1 Å². The number of benzene rings is 2. The smallest absolute Gasteiger partial charge is 0.246 e. The second-order valence-corrected chi connectivity index (χ2v) is 10.0. The van der Waals surface area contributed by atoms with E-state index in [0.29, 0.717) is 18.8 Å². The maximum absolute atomic E-state index is 12.9. The molecule has 1 fully saturated rings. The molecule has 2 aliphatic heterocycles. The Bertz CT molecular complexity index is 999. The predicted octanol–water partition coefficient (Wildman–Crippen LogP) is 3.64. The fourth-order valence-electron chi connectivity index (χ4n) is 4.32. The Kier molecular flexibility index (Phi) is 6.11. The second kappa shape index (κ2) is 8.78. The number of hydrogen-bond donors (Lipinski definition) is 1. The van der Waals surface area contributed by atoms with Gasteiger partial charge in [0.05, 0.1) is 4.90 Å². The zero-order valence-corrected chi connectivity index (χ0v) is 18.2. The lowest BCUT2D eigenvalue weighted by molar-refractivity contribution is -0.117. The molecule has 6 nitrogen and oxygen atoms in total. The summed E-state index contributed by atoms with van der Waals surface area (Å²) in [5.41, 5.74) is 3.00. The highest BCUT2D eigenvalue weighted by Crippen LogP contribution is 2.29. The molecule has 1 N–H and O–H groups in total. The van der Waals surface area contributed by atoms with Crippen LogP contribution in [0.3, 0.4) is 0 Å². The van der Waals surface area contributed by atoms with E-state index in [-0.39, 0.29) is 16.8 Å². The van der Waals surface area contributed by atoms with E-state index >= 15 is 0 Å². The van der Waals surface area contributed by atoms with Crippen LogP contribution in [0.15, 0.2) is 53.4 Å². The van der Waals surface area contributed by atoms with Crippen LogP contribution in [0.4, 0.5) is 11.4 Å². The van der Waals surface area contributed by atoms with Gasteiger partial charge in [0.2, 0.25) is 15.9 Å². The van der Waals surface area contributed by atoms with Crippen molar-refractivity contribution in [3.63, 3.8) is 0 Å². The minimum Gasteiger partial charge on any atom is -0.360 e. The van der Waals surface area contributed by atoms with Gasteiger partial charge in [-0.15, -0.1) is 0 Å². The standard InChI is InChI=1S/C23H29N3O3S/c1-18(26-17-7-9-19-8-3-4-10-22(19)26)23(27)24-20-11-13-21(14-12-20)30(28,29)25-15-5-2-6-16-25/h3-4,8,10-14,18H,2,5-7,9,15-17H2,1H3,(H,24,27). The molecule has 1 atom stereocenters. The topological polar surface area (TPSA) is 69.7 Å². The molecule has 2 aromatic rings. The Morgan fingerprint density at radius 3 is 2.37 bits per heavy atom. The van der Waals surface area contributed by atoms with Gasteiger partial charge in [-0.05, 0) is 68.5 Å². The van der Waals surface area contributed by atoms with Crippen molar-refractivity contribution >= 4 is 27.3 Å². The number of anilines is 2. The van der Waals surface area contributed by atoms with Gasteiger partial charge < -0.3 is 10.2 Å². The number of nitrogens with one attached hydrogen (secondary N) is 1. The molecule has 2 aliphatic rings. The monoisotopic (exact) mass is 427 g/mol. The molecule has 0 spiro atoms. The van der Waals surface area contributed by atoms with E-state index < -0.39 is 10.0 Å². The lowest BCUT2D eigenvalue weighted by atomic mass is 10.00. The summed E-state index contributed by atoms with van der Waals surface area (Å²) >= 11 is 0. The summed E-state index contributed by atoms with van der Waals surface area (Å²) in [5, 5.41) is 2.94. The number of aryl methyl sites for hydroxylation is 1. The predicted molar refractivity (Wildman–Crippen MR) is 119 cm³/mol. The number of nitrogens with zero attached hydrogens (tertiary/aromatic N) is 2. The van der Waals surface area contributed by atoms with Crippen LogP contribution in [0.2, 0.25) is 0 Å². The van der Waals surface area contributed by atoms with Crippen LogP contribution < -0.4 is 10.2 Å². The largest absolute Gasteiger partial charge is 0.360 e. The van der Waals surface area contributed by atoms with E-state index in [2.05, 4.69) is 22.3 Å². The Balaban J connectivity index is 1.44. The van der Waals surface area contributed by atoms with Crippen LogP contribution in [0.5, 0.6) is 0 Å². The van der Waals surface area contributed by atoms with Crippen LogP contribution in [0.25, 0.3) is 0 Å². The summed E-state index contributed by atoms with van der Waals surface area (Å²) in [4.78, 5) is 15.3. The van der Waals surface area contributed by atoms with Crippen molar-refractivity contribution in [2.24, 2.45) is 0 Å². The maximum atomic E-state index is 12.9. The third-order valence-electron chi connectivity index (χ3n) is 6.07. The number of fused-ring (bicyclic) bond motifs is 1. The Morgan fingerprint density at radius 1 is 0.933 bits per heavy atom. The summed E-state index contributed by atoms with van der Waals surface area (Å²) < 4.78 is 27.1. The number of carbonyl (C=O) groups excluding carboxylic acids is 1. The minimum atomic E-state index is -3.46. The number of sulfonamides is 1. The molecule has 0 bridgehead atoms. The normalized spacial score (nSPS) is 18.5. The van der Waals surface area contributed by atoms with E-state index in [9.17, 15) is 13.2 Å². The fourth-order valence-corrected chi connectivity index (χ4v) is 5.83. The molecule has 0 radical (unpaired) electrons. The molecule has 7 heteroatoms. The number of piperidine rings is 1. The second-order valence-electron chi connectivity index (χ2n) is 8.08. The van der Waals surface area contributed by atoms with E-state index in [0.717, 1.165) is 44.3 Å². The van der Waals surface area contributed by atoms with Crippen molar-refractivity contribution in [2.45, 2.75) is 50.0 Å². The average molecular weight is 428 g/mol. The third-order valence-corrected chi connectivity index (χ3v) is 7.98. The summed E-state index contributed by atoms with van der Waals surface area (Å²) in [7, 11) is -3.46. The molecule has 2 heterocycles. The molecule has 0 aromatic heterocycles. The van der Waals surface area contributed by atoms with E-state index in [4.69, 9.17) is 0 Å². The van der Waals surface area contributed by atoms with Crippen LogP contribution in [-0.4, -0.2) is 44.3 Å². The van der Waals surface area contributed by atoms with Gasteiger partial charge in [0.15, 0.2) is 0 Å². The first-order chi connectivity index (χ1) is 14.5. The van der Waals surface area contributed by atoms with Gasteiger partial charge in [-0.3, -0.25) is 4.79 Å². The van der Waals surface area contributed by atoms with Gasteiger partial charge in [-0.25, -0.2) is 8.42 Å². The van der Waals surface area contributed by atoms with Gasteiger partial charge in [0.25, 0.3) is 0 Å². The van der Waals surface area contributed by atoms with Gasteiger partial charge in [0, 0.05) is 31.0 Å². The number of para-hydroxylation sites is 1. The van der Waals surface area contributed by atoms with Gasteiger partial charge >= 0.3 is 0 Å². The summed E-state index contributed by atoms with van der Waals surface area (Å²) in [6.07, 6.45) is 4.96. The average Bonchev–Trinajstić information content (AvgIpc) is 2.79. The van der Waals surface area contributed by atoms with Crippen LogP contribution in [-0.2, 0) is 21.2 Å². The van der Waals surface area contributed by atoms with E-state index in [1.165, 1.54) is 5.56 Å². The minimum absolute atomic E-state index is 0.0988. The van der Waals surface area contributed by atoms with Gasteiger partial charge in [-0.2, -0.15) is 4.31 Å². The third kappa shape index (κ3) is 4.23. The lowest BCUT2D eigenvalue weighted by Gasteiger charge is -2.35. The summed E-state index contributed by atoms with van der Waals surface area (Å²) in [5.74, 6) is -0.0988. The molecule has 0 aliphatic carbocycles. The first-order valence-corrected chi connectivity index (χ1v) is 12.2. The van der Waals surface area contributed by atoms with E-state index in [1.54, 1.807) is 28.6 Å². The van der Waals surface area contributed by atoms with Crippen LogP contribution in [0.1, 0.15) is 38.2 Å². The van der Waals surface area contributed by atoms with Crippen molar-refractivity contribution in [2.75, 3.05) is 29.9 Å². The number of carbonyl (C=O) groups is 1. The first-order valence-electron chi connectivity index (χ1n) is 10.7. The highest BCUT2D eigenvalue weighted by Gasteiger charge is 2.27. The maximum Gasteiger partial charge on any atom is 0.246 e. The van der Waals surface area contributed by atoms with Crippen molar-refractivity contribution in [3.8, 4) is 0 Å². The molecule has 1 amide bonds. The molecular weight excluding hydrogens is 398 g/mol. The molecule has 1 saturated heterocycles. The van der Waals surface area contributed by atoms with Gasteiger partial charge in [-0.1, -0.05) is 24.6 Å². The molecule has 160 valence electrons. The summed E-state index contributed by atoms with van der Waals surface area (Å²) in [6.45, 7) is 3.91. The number of hydrogen-bond acceptors (Lipinski definition) is 4. The fraction of sp³-hybridized carbons (Fsp3) is 0.435. The number of amides is 1. The molecule has 30 heavy (non-hydrogen) atoms. The zero-order valence-electron chi connectivity index (χ0n) is 17.4. The molecule has 1 unspecified atom stereocenters. The number of rotatable bonds is 5. The van der Waals surface area contributed by atoms with Gasteiger partial charge in [0.1, 0.15) is 6.04 Å². The van der Waals surface area contributed by atoms with Crippen LogP contribution >= 0.6 is 0 Å². The Hall–Kier alpha value is -2.38. The van der Waals surface area contributed by atoms with Crippen molar-refractivity contribution in [1.29, 1.82) is 0 Å². The highest BCUT2D eigenvalue weighted by atomic mass is 32.2. The SMILES string of the molecule is CC(C(=O)Nc1ccc(S(=O)(=O)N2CCCCC2)cc1)N1CCCc2ccccc21. The molecule has 0 saturated carbocycles. The van der Waals surface area contributed by atoms with E-state index in [1.807, 2.05) is 19.1 Å². The molecular formula is C23H29N3O3S. The zero-order chi connectivity index (χ0) is 21.1. The lowest BCUT2D eigenvalue weighted by Crippen LogP contribution is -2.44. The van der Waals surface area contributed by atoms with Crippen LogP contribution in [0, 0.1) is 0 Å².